The van der Waals surface area contributed by atoms with Gasteiger partial charge in [-0.25, -0.2) is 4.79 Å². The number of aromatic nitrogens is 2. The Morgan fingerprint density at radius 1 is 1.14 bits per heavy atom. The number of aliphatic hydroxyl groups is 1. The zero-order valence-electron chi connectivity index (χ0n) is 15.4. The van der Waals surface area contributed by atoms with Gasteiger partial charge >= 0.3 is 5.69 Å². The Morgan fingerprint density at radius 2 is 1.89 bits per heavy atom. The third-order valence-electron chi connectivity index (χ3n) is 5.25. The summed E-state index contributed by atoms with van der Waals surface area (Å²) in [6, 6.07) is 11.7. The number of benzene rings is 2. The number of carbonyl (C=O) groups is 1. The van der Waals surface area contributed by atoms with E-state index in [1.165, 1.54) is 11.7 Å². The fraction of sp³-hybridized carbons (Fsp3) is 0.250. The van der Waals surface area contributed by atoms with Crippen LogP contribution in [-0.2, 0) is 24.0 Å². The number of hydrogen-bond donors (Lipinski definition) is 2. The van der Waals surface area contributed by atoms with Crippen LogP contribution >= 0.6 is 0 Å². The maximum absolute atomic E-state index is 12.8. The van der Waals surface area contributed by atoms with Crippen LogP contribution < -0.4 is 21.3 Å². The van der Waals surface area contributed by atoms with E-state index in [2.05, 4.69) is 5.32 Å². The van der Waals surface area contributed by atoms with Crippen LogP contribution in [0.1, 0.15) is 12.0 Å². The van der Waals surface area contributed by atoms with Crippen LogP contribution in [0, 0.1) is 0 Å². The van der Waals surface area contributed by atoms with Crippen molar-refractivity contribution in [1.82, 2.24) is 9.13 Å². The van der Waals surface area contributed by atoms with Crippen molar-refractivity contribution in [2.24, 2.45) is 7.05 Å². The molecule has 1 unspecified atom stereocenters. The summed E-state index contributed by atoms with van der Waals surface area (Å²) in [5.74, 6) is -0.103. The lowest BCUT2D eigenvalue weighted by molar-refractivity contribution is -0.134. The Bertz CT molecular complexity index is 1230. The van der Waals surface area contributed by atoms with E-state index in [1.807, 2.05) is 0 Å². The average Bonchev–Trinajstić information content (AvgIpc) is 2.96. The van der Waals surface area contributed by atoms with E-state index >= 15 is 0 Å². The Labute approximate surface area is 159 Å². The van der Waals surface area contributed by atoms with Gasteiger partial charge in [-0.05, 0) is 30.3 Å². The van der Waals surface area contributed by atoms with Crippen LogP contribution in [0.25, 0.3) is 10.9 Å². The fourth-order valence-electron chi connectivity index (χ4n) is 3.63. The predicted molar refractivity (Wildman–Crippen MR) is 104 cm³/mol. The first-order valence-electron chi connectivity index (χ1n) is 8.78. The molecule has 0 radical (unpaired) electrons. The van der Waals surface area contributed by atoms with Crippen molar-refractivity contribution >= 4 is 22.5 Å². The smallest absolute Gasteiger partial charge is 0.331 e. The van der Waals surface area contributed by atoms with Gasteiger partial charge in [-0.15, -0.1) is 0 Å². The van der Waals surface area contributed by atoms with Crippen molar-refractivity contribution in [3.63, 3.8) is 0 Å². The molecular formula is C20H19N3O5. The minimum Gasteiger partial charge on any atom is -0.497 e. The fourth-order valence-corrected chi connectivity index (χ4v) is 3.63. The molecule has 0 spiro atoms. The number of methoxy groups -OCH3 is 1. The molecule has 1 amide bonds. The Hall–Kier alpha value is -3.39. The zero-order valence-corrected chi connectivity index (χ0v) is 15.4. The van der Waals surface area contributed by atoms with E-state index in [-0.39, 0.29) is 13.0 Å². The monoisotopic (exact) mass is 381 g/mol. The molecule has 2 heterocycles. The third kappa shape index (κ3) is 2.53. The van der Waals surface area contributed by atoms with Crippen LogP contribution in [0.5, 0.6) is 5.75 Å². The number of nitrogens with one attached hydrogen (secondary N) is 1. The molecule has 0 saturated heterocycles. The van der Waals surface area contributed by atoms with Crippen LogP contribution in [0.4, 0.5) is 5.69 Å². The molecule has 1 atom stereocenters. The molecule has 0 saturated carbocycles. The Morgan fingerprint density at radius 3 is 2.64 bits per heavy atom. The standard InChI is InChI=1S/C20H19N3O5/c1-22-16-6-4-3-5-13(16)17(24)23(19(22)26)10-9-20(27)14-11-12(28-2)7-8-15(14)21-18(20)25/h3-8,11,27H,9-10H2,1-2H3,(H,21,25). The summed E-state index contributed by atoms with van der Waals surface area (Å²) < 4.78 is 7.60. The molecule has 3 aromatic rings. The summed E-state index contributed by atoms with van der Waals surface area (Å²) >= 11 is 0. The van der Waals surface area contributed by atoms with Crippen molar-refractivity contribution in [3.05, 3.63) is 68.9 Å². The van der Waals surface area contributed by atoms with Crippen molar-refractivity contribution in [3.8, 4) is 5.75 Å². The van der Waals surface area contributed by atoms with Gasteiger partial charge in [0.05, 0.1) is 18.0 Å². The SMILES string of the molecule is COc1ccc2c(c1)C(O)(CCn1c(=O)c3ccccc3n(C)c1=O)C(=O)N2. The molecule has 4 rings (SSSR count). The van der Waals surface area contributed by atoms with Crippen molar-refractivity contribution in [2.45, 2.75) is 18.6 Å². The molecule has 28 heavy (non-hydrogen) atoms. The number of anilines is 1. The summed E-state index contributed by atoms with van der Waals surface area (Å²) in [4.78, 5) is 37.9. The summed E-state index contributed by atoms with van der Waals surface area (Å²) in [7, 11) is 3.07. The highest BCUT2D eigenvalue weighted by Crippen LogP contribution is 2.40. The molecule has 144 valence electrons. The highest BCUT2D eigenvalue weighted by Gasteiger charge is 2.45. The van der Waals surface area contributed by atoms with Crippen LogP contribution in [0.2, 0.25) is 0 Å². The van der Waals surface area contributed by atoms with Gasteiger partial charge in [0.25, 0.3) is 11.5 Å². The van der Waals surface area contributed by atoms with Gasteiger partial charge in [0.15, 0.2) is 5.60 Å². The van der Waals surface area contributed by atoms with E-state index in [9.17, 15) is 19.5 Å². The van der Waals surface area contributed by atoms with Crippen molar-refractivity contribution in [2.75, 3.05) is 12.4 Å². The lowest BCUT2D eigenvalue weighted by atomic mass is 9.91. The lowest BCUT2D eigenvalue weighted by Gasteiger charge is -2.21. The maximum Gasteiger partial charge on any atom is 0.331 e. The molecule has 2 N–H and O–H groups in total. The second-order valence-electron chi connectivity index (χ2n) is 6.79. The Kier molecular flexibility index (Phi) is 4.08. The van der Waals surface area contributed by atoms with Crippen LogP contribution in [0.15, 0.2) is 52.1 Å². The molecule has 2 aromatic carbocycles. The molecule has 0 fully saturated rings. The van der Waals surface area contributed by atoms with Gasteiger partial charge in [0, 0.05) is 31.3 Å². The molecule has 8 heteroatoms. The highest BCUT2D eigenvalue weighted by atomic mass is 16.5. The van der Waals surface area contributed by atoms with Gasteiger partial charge in [0.2, 0.25) is 0 Å². The normalized spacial score (nSPS) is 18.2. The largest absolute Gasteiger partial charge is 0.497 e. The van der Waals surface area contributed by atoms with E-state index in [0.717, 1.165) is 4.57 Å². The van der Waals surface area contributed by atoms with Crippen molar-refractivity contribution < 1.29 is 14.6 Å². The number of para-hydroxylation sites is 1. The molecule has 1 aromatic heterocycles. The minimum atomic E-state index is -1.86. The quantitative estimate of drug-likeness (QED) is 0.700. The average molecular weight is 381 g/mol. The number of rotatable bonds is 4. The molecular weight excluding hydrogens is 362 g/mol. The van der Waals surface area contributed by atoms with Crippen molar-refractivity contribution in [1.29, 1.82) is 0 Å². The number of ether oxygens (including phenoxy) is 1. The molecule has 1 aliphatic rings. The summed E-state index contributed by atoms with van der Waals surface area (Å²) in [6.07, 6.45) is -0.132. The van der Waals surface area contributed by atoms with Gasteiger partial charge < -0.3 is 15.2 Å². The second-order valence-corrected chi connectivity index (χ2v) is 6.79. The lowest BCUT2D eigenvalue weighted by Crippen LogP contribution is -2.42. The van der Waals surface area contributed by atoms with Gasteiger partial charge in [-0.1, -0.05) is 12.1 Å². The number of fused-ring (bicyclic) bond motifs is 2. The summed E-state index contributed by atoms with van der Waals surface area (Å²) in [5.41, 5.74) is -1.45. The molecule has 0 bridgehead atoms. The number of aryl methyl sites for hydroxylation is 1. The summed E-state index contributed by atoms with van der Waals surface area (Å²) in [6.45, 7) is -0.114. The second kappa shape index (κ2) is 6.35. The van der Waals surface area contributed by atoms with Gasteiger partial charge in [-0.2, -0.15) is 0 Å². The van der Waals surface area contributed by atoms with E-state index in [0.29, 0.717) is 27.9 Å². The van der Waals surface area contributed by atoms with Crippen LogP contribution in [0.3, 0.4) is 0 Å². The maximum atomic E-state index is 12.8. The number of hydrogen-bond acceptors (Lipinski definition) is 5. The van der Waals surface area contributed by atoms with Gasteiger partial charge in [-0.3, -0.25) is 18.7 Å². The first kappa shape index (κ1) is 18.0. The predicted octanol–water partition coefficient (Wildman–Crippen LogP) is 0.939. The molecule has 0 aliphatic carbocycles. The molecule has 8 nitrogen and oxygen atoms in total. The minimum absolute atomic E-state index is 0.114. The number of nitrogens with zero attached hydrogens (tertiary/aromatic N) is 2. The van der Waals surface area contributed by atoms with Crippen LogP contribution in [-0.4, -0.2) is 27.3 Å². The highest BCUT2D eigenvalue weighted by molar-refractivity contribution is 6.05. The third-order valence-corrected chi connectivity index (χ3v) is 5.25. The van der Waals surface area contributed by atoms with Gasteiger partial charge in [0.1, 0.15) is 5.75 Å². The zero-order chi connectivity index (χ0) is 20.1. The summed E-state index contributed by atoms with van der Waals surface area (Å²) in [5, 5.41) is 14.1. The van der Waals surface area contributed by atoms with E-state index in [1.54, 1.807) is 49.5 Å². The number of amides is 1. The molecule has 1 aliphatic heterocycles. The van der Waals surface area contributed by atoms with E-state index < -0.39 is 22.8 Å². The Balaban J connectivity index is 1.76. The first-order chi connectivity index (χ1) is 13.4. The first-order valence-corrected chi connectivity index (χ1v) is 8.78. The number of carbonyl (C=O) groups excluding carboxylic acids is 1. The topological polar surface area (TPSA) is 103 Å². The van der Waals surface area contributed by atoms with E-state index in [4.69, 9.17) is 4.74 Å².